The molecular weight excluding hydrogens is 512 g/mol. The molecule has 0 bridgehead atoms. The van der Waals surface area contributed by atoms with Crippen LogP contribution in [0.3, 0.4) is 0 Å². The van der Waals surface area contributed by atoms with Crippen LogP contribution in [0.5, 0.6) is 0 Å². The summed E-state index contributed by atoms with van der Waals surface area (Å²) in [6.45, 7) is 6.16. The molecule has 1 saturated heterocycles. The number of carbonyl (C=O) groups is 2. The van der Waals surface area contributed by atoms with Crippen molar-refractivity contribution in [2.75, 3.05) is 57.3 Å². The molecule has 11 nitrogen and oxygen atoms in total. The standard InChI is InChI=1S/C29H32N6O5/c1-2-40-28(36)21-34-13-10-30-24-18-27(35(38)39)26(19-25(24)34)33-12-9-23(20-33)29(37)32-16-14-31(15-17-32)11-8-22-6-4-3-5-7-22/h3-7,9-10,12,18-20H,2,8,11,13-17,21H2,1H3. The molecule has 0 spiro atoms. The Morgan fingerprint density at radius 2 is 1.82 bits per heavy atom. The number of anilines is 1. The molecule has 11 heteroatoms. The van der Waals surface area contributed by atoms with Crippen molar-refractivity contribution in [3.63, 3.8) is 0 Å². The molecule has 0 aliphatic carbocycles. The number of aliphatic imine (C=N–C) groups is 1. The van der Waals surface area contributed by atoms with Crippen LogP contribution in [0.2, 0.25) is 0 Å². The molecule has 3 aromatic rings. The fourth-order valence-electron chi connectivity index (χ4n) is 5.07. The third kappa shape index (κ3) is 6.04. The van der Waals surface area contributed by atoms with E-state index in [2.05, 4.69) is 22.0 Å². The van der Waals surface area contributed by atoms with Gasteiger partial charge in [0.05, 0.1) is 35.0 Å². The topological polar surface area (TPSA) is 114 Å². The molecule has 0 radical (unpaired) electrons. The highest BCUT2D eigenvalue weighted by Crippen LogP contribution is 2.39. The first-order chi connectivity index (χ1) is 19.4. The Balaban J connectivity index is 1.29. The van der Waals surface area contributed by atoms with E-state index in [0.717, 1.165) is 26.1 Å². The number of hydrogen-bond acceptors (Lipinski definition) is 8. The third-order valence-corrected chi connectivity index (χ3v) is 7.20. The van der Waals surface area contributed by atoms with Crippen molar-refractivity contribution >= 4 is 35.2 Å². The quantitative estimate of drug-likeness (QED) is 0.230. The number of nitro groups is 1. The van der Waals surface area contributed by atoms with Crippen molar-refractivity contribution in [2.45, 2.75) is 13.3 Å². The van der Waals surface area contributed by atoms with Gasteiger partial charge < -0.3 is 19.1 Å². The number of ether oxygens (including phenoxy) is 1. The summed E-state index contributed by atoms with van der Waals surface area (Å²) >= 11 is 0. The largest absolute Gasteiger partial charge is 0.465 e. The number of rotatable bonds is 9. The van der Waals surface area contributed by atoms with E-state index in [1.807, 2.05) is 23.1 Å². The minimum absolute atomic E-state index is 0.00312. The first kappa shape index (κ1) is 27.1. The van der Waals surface area contributed by atoms with E-state index in [0.29, 0.717) is 42.3 Å². The van der Waals surface area contributed by atoms with E-state index in [-0.39, 0.29) is 24.7 Å². The Morgan fingerprint density at radius 3 is 2.55 bits per heavy atom. The molecule has 2 aliphatic rings. The highest BCUT2D eigenvalue weighted by Gasteiger charge is 2.27. The summed E-state index contributed by atoms with van der Waals surface area (Å²) in [5.74, 6) is -0.492. The molecule has 40 heavy (non-hydrogen) atoms. The molecule has 0 N–H and O–H groups in total. The normalized spacial score (nSPS) is 15.1. The number of nitrogens with zero attached hydrogens (tertiary/aromatic N) is 6. The molecule has 3 heterocycles. The molecule has 1 aromatic heterocycles. The number of aromatic nitrogens is 1. The van der Waals surface area contributed by atoms with Crippen molar-refractivity contribution in [1.29, 1.82) is 0 Å². The predicted molar refractivity (Wildman–Crippen MR) is 152 cm³/mol. The van der Waals surface area contributed by atoms with E-state index in [1.165, 1.54) is 11.6 Å². The maximum atomic E-state index is 13.3. The number of carbonyl (C=O) groups excluding carboxylic acids is 2. The van der Waals surface area contributed by atoms with Gasteiger partial charge in [-0.3, -0.25) is 29.6 Å². The molecule has 1 fully saturated rings. The summed E-state index contributed by atoms with van der Waals surface area (Å²) < 4.78 is 6.67. The molecule has 2 aliphatic heterocycles. The van der Waals surface area contributed by atoms with Crippen LogP contribution in [0.25, 0.3) is 5.69 Å². The lowest BCUT2D eigenvalue weighted by Gasteiger charge is -2.34. The average Bonchev–Trinajstić information content (AvgIpc) is 3.46. The number of esters is 1. The maximum absolute atomic E-state index is 13.3. The summed E-state index contributed by atoms with van der Waals surface area (Å²) in [6, 6.07) is 15.1. The first-order valence-corrected chi connectivity index (χ1v) is 13.4. The first-order valence-electron chi connectivity index (χ1n) is 13.4. The highest BCUT2D eigenvalue weighted by molar-refractivity contribution is 5.94. The lowest BCUT2D eigenvalue weighted by atomic mass is 10.1. The maximum Gasteiger partial charge on any atom is 0.325 e. The summed E-state index contributed by atoms with van der Waals surface area (Å²) in [4.78, 5) is 47.2. The Morgan fingerprint density at radius 1 is 1.05 bits per heavy atom. The SMILES string of the molecule is CCOC(=O)CN1CC=Nc2cc([N+](=O)[O-])c(-n3ccc(C(=O)N4CCN(CCc5ccccc5)CC4)c3)cc21. The van der Waals surface area contributed by atoms with Crippen LogP contribution in [0.4, 0.5) is 17.1 Å². The zero-order valence-electron chi connectivity index (χ0n) is 22.4. The highest BCUT2D eigenvalue weighted by atomic mass is 16.6. The fraction of sp³-hybridized carbons (Fsp3) is 0.345. The Bertz CT molecular complexity index is 1410. The molecule has 2 aromatic carbocycles. The van der Waals surface area contributed by atoms with Gasteiger partial charge in [-0.25, -0.2) is 0 Å². The predicted octanol–water partition coefficient (Wildman–Crippen LogP) is 3.47. The van der Waals surface area contributed by atoms with Crippen LogP contribution in [-0.4, -0.2) is 89.8 Å². The number of piperazine rings is 1. The lowest BCUT2D eigenvalue weighted by molar-refractivity contribution is -0.384. The molecule has 1 amide bonds. The van der Waals surface area contributed by atoms with Crippen molar-refractivity contribution in [2.24, 2.45) is 4.99 Å². The van der Waals surface area contributed by atoms with Crippen LogP contribution in [0.15, 0.2) is 65.9 Å². The zero-order valence-corrected chi connectivity index (χ0v) is 22.4. The van der Waals surface area contributed by atoms with Gasteiger partial charge >= 0.3 is 5.97 Å². The molecule has 5 rings (SSSR count). The van der Waals surface area contributed by atoms with E-state index in [4.69, 9.17) is 4.74 Å². The van der Waals surface area contributed by atoms with Gasteiger partial charge in [0.1, 0.15) is 12.2 Å². The minimum atomic E-state index is -0.467. The second-order valence-corrected chi connectivity index (χ2v) is 9.76. The second-order valence-electron chi connectivity index (χ2n) is 9.76. The van der Waals surface area contributed by atoms with Gasteiger partial charge in [0.15, 0.2) is 0 Å². The number of fused-ring (bicyclic) bond motifs is 1. The summed E-state index contributed by atoms with van der Waals surface area (Å²) in [5, 5.41) is 12.0. The van der Waals surface area contributed by atoms with Crippen molar-refractivity contribution < 1.29 is 19.2 Å². The van der Waals surface area contributed by atoms with Crippen molar-refractivity contribution in [3.8, 4) is 5.69 Å². The monoisotopic (exact) mass is 544 g/mol. The van der Waals surface area contributed by atoms with Gasteiger partial charge in [-0.05, 0) is 31.0 Å². The lowest BCUT2D eigenvalue weighted by Crippen LogP contribution is -2.49. The fourth-order valence-corrected chi connectivity index (χ4v) is 5.07. The molecule has 0 unspecified atom stereocenters. The molecule has 0 atom stereocenters. The van der Waals surface area contributed by atoms with Crippen LogP contribution in [0, 0.1) is 10.1 Å². The van der Waals surface area contributed by atoms with E-state index in [9.17, 15) is 19.7 Å². The van der Waals surface area contributed by atoms with E-state index < -0.39 is 10.9 Å². The van der Waals surface area contributed by atoms with Crippen LogP contribution in [0.1, 0.15) is 22.8 Å². The number of amides is 1. The summed E-state index contributed by atoms with van der Waals surface area (Å²) in [5.41, 5.74) is 2.90. The molecule has 208 valence electrons. The average molecular weight is 545 g/mol. The smallest absolute Gasteiger partial charge is 0.325 e. The van der Waals surface area contributed by atoms with Gasteiger partial charge in [0.25, 0.3) is 11.6 Å². The van der Waals surface area contributed by atoms with Gasteiger partial charge in [0.2, 0.25) is 0 Å². The van der Waals surface area contributed by atoms with Crippen LogP contribution < -0.4 is 4.90 Å². The van der Waals surface area contributed by atoms with E-state index >= 15 is 0 Å². The minimum Gasteiger partial charge on any atom is -0.465 e. The number of hydrogen-bond donors (Lipinski definition) is 0. The van der Waals surface area contributed by atoms with Crippen LogP contribution in [-0.2, 0) is 16.0 Å². The Kier molecular flexibility index (Phi) is 8.20. The summed E-state index contributed by atoms with van der Waals surface area (Å²) in [6.07, 6.45) is 5.86. The van der Waals surface area contributed by atoms with Gasteiger partial charge in [-0.15, -0.1) is 0 Å². The van der Waals surface area contributed by atoms with Crippen molar-refractivity contribution in [3.05, 3.63) is 82.2 Å². The van der Waals surface area contributed by atoms with Crippen LogP contribution >= 0.6 is 0 Å². The summed E-state index contributed by atoms with van der Waals surface area (Å²) in [7, 11) is 0. The van der Waals surface area contributed by atoms with Gasteiger partial charge in [0, 0.05) is 57.4 Å². The number of benzene rings is 2. The third-order valence-electron chi connectivity index (χ3n) is 7.20. The number of nitro benzene ring substituents is 1. The zero-order chi connectivity index (χ0) is 28.1. The second kappa shape index (κ2) is 12.1. The Hall–Kier alpha value is -4.51. The van der Waals surface area contributed by atoms with E-state index in [1.54, 1.807) is 47.1 Å². The molecular formula is C29H32N6O5. The van der Waals surface area contributed by atoms with Crippen molar-refractivity contribution in [1.82, 2.24) is 14.4 Å². The van der Waals surface area contributed by atoms with Gasteiger partial charge in [-0.2, -0.15) is 0 Å². The Labute approximate surface area is 232 Å². The van der Waals surface area contributed by atoms with Gasteiger partial charge in [-0.1, -0.05) is 30.3 Å². The molecule has 0 saturated carbocycles.